The number of nitrogens with one attached hydrogen (secondary N) is 1. The summed E-state index contributed by atoms with van der Waals surface area (Å²) in [5, 5.41) is 4.63. The molecule has 7 rings (SSSR count). The number of carbonyl (C=O) groups is 3. The quantitative estimate of drug-likeness (QED) is 0.240. The number of nitrogens with zero attached hydrogens (tertiary/aromatic N) is 2. The number of hydrogen-bond donors (Lipinski definition) is 1. The first kappa shape index (κ1) is 28.1. The summed E-state index contributed by atoms with van der Waals surface area (Å²) in [5.74, 6) is -1.60. The highest BCUT2D eigenvalue weighted by Gasteiger charge is 2.56. The molecule has 0 aliphatic carbocycles. The van der Waals surface area contributed by atoms with Crippen molar-refractivity contribution >= 4 is 63.0 Å². The van der Waals surface area contributed by atoms with Gasteiger partial charge in [0.1, 0.15) is 17.5 Å². The van der Waals surface area contributed by atoms with E-state index in [1.54, 1.807) is 19.2 Å². The van der Waals surface area contributed by atoms with E-state index in [1.807, 2.05) is 85.8 Å². The number of amides is 3. The first-order valence-corrected chi connectivity index (χ1v) is 15.8. The number of benzene rings is 4. The molecule has 3 atom stereocenters. The maximum atomic E-state index is 14.1. The highest BCUT2D eigenvalue weighted by molar-refractivity contribution is 8.00. The number of aromatic nitrogens is 1. The third-order valence-corrected chi connectivity index (χ3v) is 10.8. The molecule has 0 unspecified atom stereocenters. The zero-order chi connectivity index (χ0) is 30.5. The zero-order valence-corrected chi connectivity index (χ0v) is 25.5. The number of ether oxygens (including phenoxy) is 1. The number of anilines is 2. The largest absolute Gasteiger partial charge is 0.497 e. The Morgan fingerprint density at radius 3 is 2.36 bits per heavy atom. The fourth-order valence-electron chi connectivity index (χ4n) is 6.04. The van der Waals surface area contributed by atoms with Gasteiger partial charge >= 0.3 is 4.87 Å². The molecule has 220 valence electrons. The Hall–Kier alpha value is -4.67. The third-order valence-electron chi connectivity index (χ3n) is 8.18. The van der Waals surface area contributed by atoms with Gasteiger partial charge in [0.15, 0.2) is 0 Å². The van der Waals surface area contributed by atoms with E-state index in [0.717, 1.165) is 33.2 Å². The third kappa shape index (κ3) is 4.71. The van der Waals surface area contributed by atoms with E-state index in [2.05, 4.69) is 5.32 Å². The summed E-state index contributed by atoms with van der Waals surface area (Å²) in [6.07, 6.45) is 0. The summed E-state index contributed by atoms with van der Waals surface area (Å²) in [6.45, 7) is 1.72. The van der Waals surface area contributed by atoms with Gasteiger partial charge in [-0.2, -0.15) is 0 Å². The van der Waals surface area contributed by atoms with Crippen molar-refractivity contribution in [2.45, 2.75) is 29.7 Å². The summed E-state index contributed by atoms with van der Waals surface area (Å²) < 4.78 is 6.78. The molecular formula is C34H27N3O5S2. The fraction of sp³-hybridized carbons (Fsp3) is 0.176. The Bertz CT molecular complexity index is 1990. The molecule has 0 radical (unpaired) electrons. The van der Waals surface area contributed by atoms with Gasteiger partial charge in [-0.1, -0.05) is 89.3 Å². The molecule has 8 nitrogen and oxygen atoms in total. The number of carbonyl (C=O) groups excluding carboxylic acids is 3. The van der Waals surface area contributed by atoms with Gasteiger partial charge < -0.3 is 10.1 Å². The fourth-order valence-corrected chi connectivity index (χ4v) is 8.81. The molecule has 1 fully saturated rings. The SMILES string of the molecule is COc1ccc([C@@H]2c3sc(=O)n(CC(=O)Nc4cccc5ccccc45)c3S[C@H]3C(=O)N(c4ccc(C)cc4)C(=O)[C@@H]23)cc1. The minimum Gasteiger partial charge on any atom is -0.497 e. The lowest BCUT2D eigenvalue weighted by Gasteiger charge is -2.30. The van der Waals surface area contributed by atoms with E-state index in [1.165, 1.54) is 21.2 Å². The van der Waals surface area contributed by atoms with Crippen LogP contribution in [-0.2, 0) is 20.9 Å². The molecule has 2 aliphatic rings. The van der Waals surface area contributed by atoms with E-state index in [4.69, 9.17) is 4.74 Å². The molecular weight excluding hydrogens is 595 g/mol. The van der Waals surface area contributed by atoms with E-state index in [9.17, 15) is 19.2 Å². The highest BCUT2D eigenvalue weighted by atomic mass is 32.2. The number of thioether (sulfide) groups is 1. The monoisotopic (exact) mass is 621 g/mol. The number of hydrogen-bond acceptors (Lipinski definition) is 7. The van der Waals surface area contributed by atoms with Gasteiger partial charge in [-0.15, -0.1) is 0 Å². The van der Waals surface area contributed by atoms with Crippen LogP contribution < -0.4 is 19.8 Å². The summed E-state index contributed by atoms with van der Waals surface area (Å²) in [5.41, 5.74) is 2.98. The van der Waals surface area contributed by atoms with Crippen LogP contribution in [0.15, 0.2) is 101 Å². The average Bonchev–Trinajstić information content (AvgIpc) is 3.48. The Kier molecular flexibility index (Phi) is 7.10. The van der Waals surface area contributed by atoms with Crippen molar-refractivity contribution in [1.82, 2.24) is 4.57 Å². The number of aryl methyl sites for hydroxylation is 1. The molecule has 44 heavy (non-hydrogen) atoms. The van der Waals surface area contributed by atoms with Crippen molar-refractivity contribution in [3.8, 4) is 5.75 Å². The van der Waals surface area contributed by atoms with Crippen LogP contribution >= 0.6 is 23.1 Å². The van der Waals surface area contributed by atoms with Crippen molar-refractivity contribution in [2.24, 2.45) is 5.92 Å². The molecule has 0 bridgehead atoms. The molecule has 0 saturated carbocycles. The van der Waals surface area contributed by atoms with Crippen molar-refractivity contribution < 1.29 is 19.1 Å². The predicted molar refractivity (Wildman–Crippen MR) is 173 cm³/mol. The van der Waals surface area contributed by atoms with Crippen LogP contribution in [0.25, 0.3) is 10.8 Å². The molecule has 10 heteroatoms. The topological polar surface area (TPSA) is 97.7 Å². The lowest BCUT2D eigenvalue weighted by Crippen LogP contribution is -2.33. The van der Waals surface area contributed by atoms with Gasteiger partial charge in [-0.3, -0.25) is 23.7 Å². The Morgan fingerprint density at radius 1 is 0.886 bits per heavy atom. The van der Waals surface area contributed by atoms with Crippen LogP contribution in [0.4, 0.5) is 11.4 Å². The van der Waals surface area contributed by atoms with Crippen LogP contribution in [0.5, 0.6) is 5.75 Å². The maximum absolute atomic E-state index is 14.1. The van der Waals surface area contributed by atoms with Crippen molar-refractivity contribution in [3.63, 3.8) is 0 Å². The summed E-state index contributed by atoms with van der Waals surface area (Å²) in [7, 11) is 1.58. The number of rotatable bonds is 6. The predicted octanol–water partition coefficient (Wildman–Crippen LogP) is 5.81. The minimum absolute atomic E-state index is 0.225. The molecule has 4 aromatic carbocycles. The van der Waals surface area contributed by atoms with E-state index >= 15 is 0 Å². The van der Waals surface area contributed by atoms with Crippen LogP contribution in [-0.4, -0.2) is 34.6 Å². The Labute approximate surface area is 261 Å². The zero-order valence-electron chi connectivity index (χ0n) is 23.9. The van der Waals surface area contributed by atoms with Crippen LogP contribution in [0.1, 0.15) is 21.9 Å². The van der Waals surface area contributed by atoms with E-state index < -0.39 is 17.1 Å². The molecule has 3 heterocycles. The first-order valence-electron chi connectivity index (χ1n) is 14.1. The number of methoxy groups -OCH3 is 1. The van der Waals surface area contributed by atoms with Crippen molar-refractivity contribution in [1.29, 1.82) is 0 Å². The van der Waals surface area contributed by atoms with Gasteiger partial charge in [0, 0.05) is 21.9 Å². The Morgan fingerprint density at radius 2 is 1.61 bits per heavy atom. The molecule has 2 aliphatic heterocycles. The number of imide groups is 1. The van der Waals surface area contributed by atoms with Gasteiger partial charge in [0.05, 0.1) is 23.7 Å². The second kappa shape index (κ2) is 11.1. The van der Waals surface area contributed by atoms with Gasteiger partial charge in [0.25, 0.3) is 0 Å². The number of thiazole rings is 1. The first-order chi connectivity index (χ1) is 21.3. The summed E-state index contributed by atoms with van der Waals surface area (Å²) in [6, 6.07) is 28.1. The average molecular weight is 622 g/mol. The van der Waals surface area contributed by atoms with Crippen LogP contribution in [0.2, 0.25) is 0 Å². The second-order valence-corrected chi connectivity index (χ2v) is 13.0. The van der Waals surface area contributed by atoms with Crippen molar-refractivity contribution in [3.05, 3.63) is 117 Å². The summed E-state index contributed by atoms with van der Waals surface area (Å²) >= 11 is 2.23. The van der Waals surface area contributed by atoms with Gasteiger partial charge in [-0.25, -0.2) is 4.90 Å². The van der Waals surface area contributed by atoms with E-state index in [-0.39, 0.29) is 29.1 Å². The minimum atomic E-state index is -0.759. The molecule has 3 amide bonds. The molecule has 0 spiro atoms. The normalized spacial score (nSPS) is 19.1. The highest BCUT2D eigenvalue weighted by Crippen LogP contribution is 2.54. The maximum Gasteiger partial charge on any atom is 0.308 e. The number of fused-ring (bicyclic) bond motifs is 3. The molecule has 1 saturated heterocycles. The summed E-state index contributed by atoms with van der Waals surface area (Å²) in [4.78, 5) is 56.5. The molecule has 1 aromatic heterocycles. The second-order valence-electron chi connectivity index (χ2n) is 10.9. The van der Waals surface area contributed by atoms with Crippen LogP contribution in [0.3, 0.4) is 0 Å². The van der Waals surface area contributed by atoms with Crippen molar-refractivity contribution in [2.75, 3.05) is 17.3 Å². The van der Waals surface area contributed by atoms with Crippen LogP contribution in [0, 0.1) is 12.8 Å². The van der Waals surface area contributed by atoms with Gasteiger partial charge in [-0.05, 0) is 48.2 Å². The Balaban J connectivity index is 1.28. The van der Waals surface area contributed by atoms with Gasteiger partial charge in [0.2, 0.25) is 17.7 Å². The van der Waals surface area contributed by atoms with E-state index in [0.29, 0.717) is 27.0 Å². The lowest BCUT2D eigenvalue weighted by atomic mass is 9.83. The standard InChI is InChI=1S/C34H27N3O5S2/c1-19-10-14-22(15-11-19)37-31(39)28-27(21-12-16-23(42-2)17-13-21)30-33(43-29(28)32(37)40)36(34(41)44-30)18-26(38)35-25-9-5-7-20-6-3-4-8-24(20)25/h3-17,27-29H,18H2,1-2H3,(H,35,38)/t27-,28-,29+/m0/s1. The molecule has 5 aromatic rings. The lowest BCUT2D eigenvalue weighted by molar-refractivity contribution is -0.122. The molecule has 1 N–H and O–H groups in total. The smallest absolute Gasteiger partial charge is 0.308 e.